The SMILES string of the molecule is CCC(N)Cc1ccc(OCC(=O)N(C)C(C)C)c(F)c1. The first-order valence-electron chi connectivity index (χ1n) is 7.27. The summed E-state index contributed by atoms with van der Waals surface area (Å²) < 4.78 is 19.2. The number of rotatable bonds is 7. The molecule has 0 aliphatic carbocycles. The van der Waals surface area contributed by atoms with Crippen LogP contribution < -0.4 is 10.5 Å². The molecule has 4 nitrogen and oxygen atoms in total. The molecule has 0 bridgehead atoms. The van der Waals surface area contributed by atoms with Crippen LogP contribution in [0.25, 0.3) is 0 Å². The topological polar surface area (TPSA) is 55.6 Å². The molecule has 1 aromatic carbocycles. The van der Waals surface area contributed by atoms with Crippen LogP contribution in [0.15, 0.2) is 18.2 Å². The predicted octanol–water partition coefficient (Wildman–Crippen LogP) is 2.35. The molecule has 1 aromatic rings. The lowest BCUT2D eigenvalue weighted by atomic mass is 10.0. The van der Waals surface area contributed by atoms with Crippen molar-refractivity contribution in [2.75, 3.05) is 13.7 Å². The molecule has 0 spiro atoms. The Labute approximate surface area is 126 Å². The van der Waals surface area contributed by atoms with Crippen LogP contribution in [0, 0.1) is 5.82 Å². The molecule has 1 rings (SSSR count). The Morgan fingerprint density at radius 3 is 2.62 bits per heavy atom. The van der Waals surface area contributed by atoms with E-state index < -0.39 is 5.82 Å². The first kappa shape index (κ1) is 17.4. The molecule has 0 heterocycles. The van der Waals surface area contributed by atoms with Crippen molar-refractivity contribution in [3.05, 3.63) is 29.6 Å². The van der Waals surface area contributed by atoms with Gasteiger partial charge in [0, 0.05) is 19.1 Å². The summed E-state index contributed by atoms with van der Waals surface area (Å²) in [6.45, 7) is 5.64. The maximum Gasteiger partial charge on any atom is 0.260 e. The van der Waals surface area contributed by atoms with Crippen LogP contribution in [-0.2, 0) is 11.2 Å². The Balaban J connectivity index is 2.63. The molecule has 5 heteroatoms. The highest BCUT2D eigenvalue weighted by Gasteiger charge is 2.14. The second-order valence-electron chi connectivity index (χ2n) is 5.52. The molecule has 1 atom stereocenters. The minimum atomic E-state index is -0.462. The molecule has 118 valence electrons. The van der Waals surface area contributed by atoms with Gasteiger partial charge in [-0.1, -0.05) is 13.0 Å². The van der Waals surface area contributed by atoms with Crippen molar-refractivity contribution >= 4 is 5.91 Å². The largest absolute Gasteiger partial charge is 0.481 e. The third kappa shape index (κ3) is 5.34. The zero-order chi connectivity index (χ0) is 16.0. The number of ether oxygens (including phenoxy) is 1. The van der Waals surface area contributed by atoms with E-state index in [1.54, 1.807) is 24.1 Å². The van der Waals surface area contributed by atoms with Gasteiger partial charge in [0.2, 0.25) is 0 Å². The fourth-order valence-electron chi connectivity index (χ4n) is 1.76. The summed E-state index contributed by atoms with van der Waals surface area (Å²) in [5.74, 6) is -0.549. The van der Waals surface area contributed by atoms with Gasteiger partial charge < -0.3 is 15.4 Å². The van der Waals surface area contributed by atoms with Crippen LogP contribution in [0.2, 0.25) is 0 Å². The molecule has 0 radical (unpaired) electrons. The summed E-state index contributed by atoms with van der Waals surface area (Å²) in [6, 6.07) is 4.86. The minimum Gasteiger partial charge on any atom is -0.481 e. The summed E-state index contributed by atoms with van der Waals surface area (Å²) in [5.41, 5.74) is 6.68. The number of carbonyl (C=O) groups excluding carboxylic acids is 1. The molecule has 0 saturated heterocycles. The number of benzene rings is 1. The van der Waals surface area contributed by atoms with E-state index in [-0.39, 0.29) is 30.3 Å². The highest BCUT2D eigenvalue weighted by atomic mass is 19.1. The monoisotopic (exact) mass is 296 g/mol. The van der Waals surface area contributed by atoms with E-state index in [1.165, 1.54) is 6.07 Å². The van der Waals surface area contributed by atoms with E-state index in [1.807, 2.05) is 20.8 Å². The van der Waals surface area contributed by atoms with Gasteiger partial charge >= 0.3 is 0 Å². The summed E-state index contributed by atoms with van der Waals surface area (Å²) in [5, 5.41) is 0. The molecule has 0 aromatic heterocycles. The molecule has 0 aliphatic rings. The second kappa shape index (κ2) is 7.98. The maximum atomic E-state index is 13.9. The fourth-order valence-corrected chi connectivity index (χ4v) is 1.76. The van der Waals surface area contributed by atoms with Gasteiger partial charge in [-0.15, -0.1) is 0 Å². The van der Waals surface area contributed by atoms with E-state index in [9.17, 15) is 9.18 Å². The third-order valence-corrected chi connectivity index (χ3v) is 3.54. The van der Waals surface area contributed by atoms with Crippen LogP contribution in [0.5, 0.6) is 5.75 Å². The number of amides is 1. The van der Waals surface area contributed by atoms with Crippen molar-refractivity contribution in [1.82, 2.24) is 4.90 Å². The lowest BCUT2D eigenvalue weighted by molar-refractivity contribution is -0.133. The Hall–Kier alpha value is -1.62. The van der Waals surface area contributed by atoms with E-state index in [2.05, 4.69) is 0 Å². The molecular weight excluding hydrogens is 271 g/mol. The molecule has 1 unspecified atom stereocenters. The minimum absolute atomic E-state index is 0.0254. The molecule has 21 heavy (non-hydrogen) atoms. The first-order chi connectivity index (χ1) is 9.85. The van der Waals surface area contributed by atoms with Gasteiger partial charge in [0.1, 0.15) is 0 Å². The normalized spacial score (nSPS) is 12.3. The van der Waals surface area contributed by atoms with Crippen molar-refractivity contribution in [1.29, 1.82) is 0 Å². The summed E-state index contributed by atoms with van der Waals surface area (Å²) in [4.78, 5) is 13.3. The summed E-state index contributed by atoms with van der Waals surface area (Å²) in [6.07, 6.45) is 1.47. The predicted molar refractivity (Wildman–Crippen MR) is 81.8 cm³/mol. The molecule has 1 amide bonds. The van der Waals surface area contributed by atoms with Crippen LogP contribution in [0.3, 0.4) is 0 Å². The van der Waals surface area contributed by atoms with Crippen LogP contribution in [0.1, 0.15) is 32.8 Å². The number of hydrogen-bond acceptors (Lipinski definition) is 3. The molecular formula is C16H25FN2O2. The molecule has 2 N–H and O–H groups in total. The average molecular weight is 296 g/mol. The van der Waals surface area contributed by atoms with Gasteiger partial charge in [-0.3, -0.25) is 4.79 Å². The van der Waals surface area contributed by atoms with Gasteiger partial charge in [0.15, 0.2) is 18.2 Å². The van der Waals surface area contributed by atoms with Crippen LogP contribution in [-0.4, -0.2) is 36.5 Å². The van der Waals surface area contributed by atoms with E-state index in [0.717, 1.165) is 12.0 Å². The van der Waals surface area contributed by atoms with Crippen LogP contribution >= 0.6 is 0 Å². The van der Waals surface area contributed by atoms with Crippen molar-refractivity contribution in [3.63, 3.8) is 0 Å². The highest BCUT2D eigenvalue weighted by molar-refractivity contribution is 5.77. The summed E-state index contributed by atoms with van der Waals surface area (Å²) >= 11 is 0. The van der Waals surface area contributed by atoms with Gasteiger partial charge in [-0.05, 0) is 44.4 Å². The lowest BCUT2D eigenvalue weighted by Crippen LogP contribution is -2.36. The molecule has 0 saturated carbocycles. The second-order valence-corrected chi connectivity index (χ2v) is 5.52. The third-order valence-electron chi connectivity index (χ3n) is 3.54. The Bertz CT molecular complexity index is 477. The summed E-state index contributed by atoms with van der Waals surface area (Å²) in [7, 11) is 1.70. The number of carbonyl (C=O) groups is 1. The van der Waals surface area contributed by atoms with Gasteiger partial charge in [0.25, 0.3) is 5.91 Å². The zero-order valence-electron chi connectivity index (χ0n) is 13.2. The number of hydrogen-bond donors (Lipinski definition) is 1. The standard InChI is InChI=1S/C16H25FN2O2/c1-5-13(18)8-12-6-7-15(14(17)9-12)21-10-16(20)19(4)11(2)3/h6-7,9,11,13H,5,8,10,18H2,1-4H3. The first-order valence-corrected chi connectivity index (χ1v) is 7.27. The number of nitrogens with zero attached hydrogens (tertiary/aromatic N) is 1. The van der Waals surface area contributed by atoms with Crippen molar-refractivity contribution in [3.8, 4) is 5.75 Å². The van der Waals surface area contributed by atoms with Gasteiger partial charge in [-0.2, -0.15) is 0 Å². The fraction of sp³-hybridized carbons (Fsp3) is 0.562. The van der Waals surface area contributed by atoms with Gasteiger partial charge in [-0.25, -0.2) is 4.39 Å². The molecule has 0 fully saturated rings. The van der Waals surface area contributed by atoms with E-state index in [0.29, 0.717) is 6.42 Å². The van der Waals surface area contributed by atoms with Crippen molar-refractivity contribution in [2.24, 2.45) is 5.73 Å². The van der Waals surface area contributed by atoms with Crippen LogP contribution in [0.4, 0.5) is 4.39 Å². The Kier molecular flexibility index (Phi) is 6.62. The molecule has 0 aliphatic heterocycles. The zero-order valence-corrected chi connectivity index (χ0v) is 13.2. The average Bonchev–Trinajstić information content (AvgIpc) is 2.44. The highest BCUT2D eigenvalue weighted by Crippen LogP contribution is 2.19. The van der Waals surface area contributed by atoms with E-state index in [4.69, 9.17) is 10.5 Å². The Morgan fingerprint density at radius 2 is 2.10 bits per heavy atom. The van der Waals surface area contributed by atoms with Gasteiger partial charge in [0.05, 0.1) is 0 Å². The smallest absolute Gasteiger partial charge is 0.260 e. The van der Waals surface area contributed by atoms with Crippen molar-refractivity contribution < 1.29 is 13.9 Å². The van der Waals surface area contributed by atoms with E-state index >= 15 is 0 Å². The van der Waals surface area contributed by atoms with Crippen molar-refractivity contribution in [2.45, 2.75) is 45.7 Å². The number of nitrogens with two attached hydrogens (primary N) is 1. The number of halogens is 1. The quantitative estimate of drug-likeness (QED) is 0.840. The maximum absolute atomic E-state index is 13.9. The number of likely N-dealkylation sites (N-methyl/N-ethyl adjacent to an activating group) is 1. The lowest BCUT2D eigenvalue weighted by Gasteiger charge is -2.21. The Morgan fingerprint density at radius 1 is 1.43 bits per heavy atom.